The SMILES string of the molecule is O=C(Nc1ccccc1Cl)N1CCSC(c2cccs2)CC1. The number of para-hydroxylation sites is 1. The van der Waals surface area contributed by atoms with Crippen LogP contribution in [0.3, 0.4) is 0 Å². The minimum atomic E-state index is -0.0690. The maximum atomic E-state index is 12.4. The van der Waals surface area contributed by atoms with Crippen LogP contribution in [0, 0.1) is 0 Å². The van der Waals surface area contributed by atoms with Crippen molar-refractivity contribution in [2.45, 2.75) is 11.7 Å². The lowest BCUT2D eigenvalue weighted by atomic mass is 10.2. The molecular weight excluding hydrogens is 336 g/mol. The highest BCUT2D eigenvalue weighted by molar-refractivity contribution is 7.99. The fraction of sp³-hybridized carbons (Fsp3) is 0.312. The number of carbonyl (C=O) groups is 1. The van der Waals surface area contributed by atoms with E-state index in [1.165, 1.54) is 4.88 Å². The van der Waals surface area contributed by atoms with Gasteiger partial charge < -0.3 is 10.2 Å². The number of nitrogens with zero attached hydrogens (tertiary/aromatic N) is 1. The summed E-state index contributed by atoms with van der Waals surface area (Å²) in [6.45, 7) is 1.54. The summed E-state index contributed by atoms with van der Waals surface area (Å²) >= 11 is 9.82. The summed E-state index contributed by atoms with van der Waals surface area (Å²) in [5, 5.41) is 6.08. The Labute approximate surface area is 143 Å². The molecule has 3 nitrogen and oxygen atoms in total. The molecule has 22 heavy (non-hydrogen) atoms. The summed E-state index contributed by atoms with van der Waals surface area (Å²) in [6.07, 6.45) is 0.987. The van der Waals surface area contributed by atoms with Crippen molar-refractivity contribution >= 4 is 46.4 Å². The van der Waals surface area contributed by atoms with Gasteiger partial charge in [0.1, 0.15) is 0 Å². The summed E-state index contributed by atoms with van der Waals surface area (Å²) in [7, 11) is 0. The van der Waals surface area contributed by atoms with Gasteiger partial charge in [-0.25, -0.2) is 4.79 Å². The first-order chi connectivity index (χ1) is 10.7. The van der Waals surface area contributed by atoms with Crippen LogP contribution in [0.4, 0.5) is 10.5 Å². The number of benzene rings is 1. The second-order valence-electron chi connectivity index (χ2n) is 5.06. The van der Waals surface area contributed by atoms with E-state index in [0.717, 1.165) is 25.3 Å². The Morgan fingerprint density at radius 3 is 2.86 bits per heavy atom. The number of amides is 2. The number of nitrogens with one attached hydrogen (secondary N) is 1. The highest BCUT2D eigenvalue weighted by atomic mass is 35.5. The molecule has 0 aliphatic carbocycles. The van der Waals surface area contributed by atoms with Gasteiger partial charge in [0, 0.05) is 29.0 Å². The quantitative estimate of drug-likeness (QED) is 0.814. The van der Waals surface area contributed by atoms with E-state index in [1.54, 1.807) is 17.4 Å². The van der Waals surface area contributed by atoms with Gasteiger partial charge in [-0.1, -0.05) is 29.8 Å². The van der Waals surface area contributed by atoms with Gasteiger partial charge in [0.05, 0.1) is 10.7 Å². The molecule has 2 heterocycles. The van der Waals surface area contributed by atoms with Crippen LogP contribution in [0.2, 0.25) is 5.02 Å². The highest BCUT2D eigenvalue weighted by Crippen LogP contribution is 2.36. The van der Waals surface area contributed by atoms with E-state index in [0.29, 0.717) is 16.0 Å². The maximum absolute atomic E-state index is 12.4. The average Bonchev–Trinajstić information content (AvgIpc) is 2.94. The third-order valence-electron chi connectivity index (χ3n) is 3.60. The van der Waals surface area contributed by atoms with Gasteiger partial charge in [-0.15, -0.1) is 11.3 Å². The highest BCUT2D eigenvalue weighted by Gasteiger charge is 2.22. The number of rotatable bonds is 2. The summed E-state index contributed by atoms with van der Waals surface area (Å²) < 4.78 is 0. The molecule has 3 rings (SSSR count). The van der Waals surface area contributed by atoms with Crippen molar-refractivity contribution < 1.29 is 4.79 Å². The minimum absolute atomic E-state index is 0.0690. The lowest BCUT2D eigenvalue weighted by Gasteiger charge is -2.21. The smallest absolute Gasteiger partial charge is 0.321 e. The molecule has 1 aliphatic heterocycles. The number of anilines is 1. The lowest BCUT2D eigenvalue weighted by molar-refractivity contribution is 0.215. The first-order valence-electron chi connectivity index (χ1n) is 7.19. The summed E-state index contributed by atoms with van der Waals surface area (Å²) in [6, 6.07) is 11.5. The number of hydrogen-bond donors (Lipinski definition) is 1. The van der Waals surface area contributed by atoms with Crippen LogP contribution in [-0.2, 0) is 0 Å². The van der Waals surface area contributed by atoms with E-state index < -0.39 is 0 Å². The zero-order valence-electron chi connectivity index (χ0n) is 12.0. The Hall–Kier alpha value is -1.17. The van der Waals surface area contributed by atoms with Gasteiger partial charge >= 0.3 is 6.03 Å². The predicted octanol–water partition coefficient (Wildman–Crippen LogP) is 5.11. The van der Waals surface area contributed by atoms with Crippen molar-refractivity contribution in [1.29, 1.82) is 0 Å². The van der Waals surface area contributed by atoms with Gasteiger partial charge in [-0.05, 0) is 30.0 Å². The van der Waals surface area contributed by atoms with Crippen LogP contribution in [0.5, 0.6) is 0 Å². The molecule has 1 fully saturated rings. The third kappa shape index (κ3) is 3.77. The molecule has 1 aromatic carbocycles. The Balaban J connectivity index is 1.61. The minimum Gasteiger partial charge on any atom is -0.324 e. The number of carbonyl (C=O) groups excluding carboxylic acids is 1. The topological polar surface area (TPSA) is 32.3 Å². The van der Waals surface area contributed by atoms with Crippen LogP contribution in [-0.4, -0.2) is 29.8 Å². The standard InChI is InChI=1S/C16H17ClN2OS2/c17-12-4-1-2-5-13(12)18-16(20)19-8-7-15(22-11-9-19)14-6-3-10-21-14/h1-6,10,15H,7-9,11H2,(H,18,20). The van der Waals surface area contributed by atoms with Crippen LogP contribution < -0.4 is 5.32 Å². The molecule has 1 aromatic heterocycles. The molecule has 2 amide bonds. The largest absolute Gasteiger partial charge is 0.324 e. The van der Waals surface area contributed by atoms with Gasteiger partial charge in [-0.2, -0.15) is 11.8 Å². The fourth-order valence-electron chi connectivity index (χ4n) is 2.43. The molecule has 116 valence electrons. The molecule has 1 N–H and O–H groups in total. The zero-order chi connectivity index (χ0) is 15.4. The van der Waals surface area contributed by atoms with Crippen molar-refractivity contribution in [3.63, 3.8) is 0 Å². The number of urea groups is 1. The second kappa shape index (κ2) is 7.40. The fourth-order valence-corrected chi connectivity index (χ4v) is 4.85. The first-order valence-corrected chi connectivity index (χ1v) is 9.50. The van der Waals surface area contributed by atoms with Crippen molar-refractivity contribution in [3.8, 4) is 0 Å². The molecule has 1 unspecified atom stereocenters. The Morgan fingerprint density at radius 2 is 2.09 bits per heavy atom. The Bertz CT molecular complexity index is 633. The summed E-state index contributed by atoms with van der Waals surface area (Å²) in [5.41, 5.74) is 0.667. The summed E-state index contributed by atoms with van der Waals surface area (Å²) in [4.78, 5) is 15.7. The molecule has 0 bridgehead atoms. The average molecular weight is 353 g/mol. The van der Waals surface area contributed by atoms with Gasteiger partial charge in [0.15, 0.2) is 0 Å². The van der Waals surface area contributed by atoms with Crippen molar-refractivity contribution in [3.05, 3.63) is 51.7 Å². The molecular formula is C16H17ClN2OS2. The summed E-state index contributed by atoms with van der Waals surface area (Å²) in [5.74, 6) is 0.957. The van der Waals surface area contributed by atoms with Crippen LogP contribution in [0.25, 0.3) is 0 Å². The Morgan fingerprint density at radius 1 is 1.23 bits per heavy atom. The number of hydrogen-bond acceptors (Lipinski definition) is 3. The predicted molar refractivity (Wildman–Crippen MR) is 96.2 cm³/mol. The van der Waals surface area contributed by atoms with Gasteiger partial charge in [0.2, 0.25) is 0 Å². The van der Waals surface area contributed by atoms with Crippen molar-refractivity contribution in [2.24, 2.45) is 0 Å². The lowest BCUT2D eigenvalue weighted by Crippen LogP contribution is -2.36. The Kier molecular flexibility index (Phi) is 5.28. The van der Waals surface area contributed by atoms with Crippen molar-refractivity contribution in [2.75, 3.05) is 24.2 Å². The number of thioether (sulfide) groups is 1. The molecule has 0 saturated carbocycles. The first kappa shape index (κ1) is 15.7. The molecule has 0 radical (unpaired) electrons. The van der Waals surface area contributed by atoms with E-state index in [-0.39, 0.29) is 6.03 Å². The van der Waals surface area contributed by atoms with E-state index in [9.17, 15) is 4.79 Å². The van der Waals surface area contributed by atoms with Crippen LogP contribution in [0.15, 0.2) is 41.8 Å². The monoisotopic (exact) mass is 352 g/mol. The molecule has 1 aliphatic rings. The molecule has 0 spiro atoms. The zero-order valence-corrected chi connectivity index (χ0v) is 14.4. The van der Waals surface area contributed by atoms with Crippen LogP contribution in [0.1, 0.15) is 16.5 Å². The van der Waals surface area contributed by atoms with Crippen LogP contribution >= 0.6 is 34.7 Å². The van der Waals surface area contributed by atoms with E-state index in [1.807, 2.05) is 34.9 Å². The van der Waals surface area contributed by atoms with Gasteiger partial charge in [-0.3, -0.25) is 0 Å². The molecule has 2 aromatic rings. The molecule has 1 saturated heterocycles. The van der Waals surface area contributed by atoms with Gasteiger partial charge in [0.25, 0.3) is 0 Å². The van der Waals surface area contributed by atoms with E-state index >= 15 is 0 Å². The maximum Gasteiger partial charge on any atom is 0.321 e. The second-order valence-corrected chi connectivity index (χ2v) is 7.76. The molecule has 6 heteroatoms. The number of halogens is 1. The normalized spacial score (nSPS) is 18.8. The van der Waals surface area contributed by atoms with E-state index in [2.05, 4.69) is 22.8 Å². The van der Waals surface area contributed by atoms with E-state index in [4.69, 9.17) is 11.6 Å². The third-order valence-corrected chi connectivity index (χ3v) is 6.38. The number of thiophene rings is 1. The van der Waals surface area contributed by atoms with Crippen molar-refractivity contribution in [1.82, 2.24) is 4.90 Å². The molecule has 1 atom stereocenters.